The zero-order valence-electron chi connectivity index (χ0n) is 23.8. The molecule has 0 saturated carbocycles. The van der Waals surface area contributed by atoms with E-state index in [1.807, 2.05) is 37.3 Å². The Hall–Kier alpha value is -4.76. The molecule has 0 radical (unpaired) electrons. The topological polar surface area (TPSA) is 145 Å². The number of hydroxylamine groups is 3. The van der Waals surface area contributed by atoms with Gasteiger partial charge in [-0.1, -0.05) is 18.2 Å². The lowest BCUT2D eigenvalue weighted by molar-refractivity contribution is -0.154. The summed E-state index contributed by atoms with van der Waals surface area (Å²) in [6.07, 6.45) is 2.21. The first-order chi connectivity index (χ1) is 20.9. The molecular weight excluding hydrogens is 559 g/mol. The van der Waals surface area contributed by atoms with E-state index in [0.717, 1.165) is 0 Å². The minimum atomic E-state index is -0.649. The fraction of sp³-hybridized carbons (Fsp3) is 0.276. The third-order valence-corrected chi connectivity index (χ3v) is 6.78. The van der Waals surface area contributed by atoms with Crippen molar-refractivity contribution in [3.63, 3.8) is 0 Å². The Morgan fingerprint density at radius 1 is 1.09 bits per heavy atom. The predicted octanol–water partition coefficient (Wildman–Crippen LogP) is 3.19. The third-order valence-electron chi connectivity index (χ3n) is 6.78. The minimum absolute atomic E-state index is 0.137. The van der Waals surface area contributed by atoms with Gasteiger partial charge in [-0.25, -0.2) is 19.9 Å². The number of urea groups is 1. The Balaban J connectivity index is 1.44. The van der Waals surface area contributed by atoms with Crippen LogP contribution in [0.3, 0.4) is 0 Å². The highest BCUT2D eigenvalue weighted by Gasteiger charge is 2.37. The third kappa shape index (κ3) is 6.84. The van der Waals surface area contributed by atoms with Crippen molar-refractivity contribution in [1.29, 1.82) is 0 Å². The monoisotopic (exact) mass is 590 g/mol. The number of hydrogen-bond acceptors (Lipinski definition) is 9. The van der Waals surface area contributed by atoms with Crippen molar-refractivity contribution in [2.45, 2.75) is 19.1 Å². The standard InChI is InChI=1S/C29H31FN8O5/c1-18-25(19-9-11-31-22(15-19)28(39)36-42-3)35-38(21-7-5-4-6-8-21)27(18)34-29(40)33-23-17-37(13-14-41-2)43-26(23)20-10-12-32-24(30)16-20/h4-12,15-16,23,26H,13-14,17H2,1-3H3,(H,36,39)(H2,33,34,40)/t23-,26+/m1/s1. The van der Waals surface area contributed by atoms with E-state index in [-0.39, 0.29) is 5.69 Å². The highest BCUT2D eigenvalue weighted by Crippen LogP contribution is 2.32. The maximum Gasteiger partial charge on any atom is 0.320 e. The van der Waals surface area contributed by atoms with Gasteiger partial charge in [0, 0.05) is 43.7 Å². The number of carbonyl (C=O) groups is 2. The van der Waals surface area contributed by atoms with Crippen molar-refractivity contribution >= 4 is 17.8 Å². The summed E-state index contributed by atoms with van der Waals surface area (Å²) >= 11 is 0. The first kappa shape index (κ1) is 29.7. The quantitative estimate of drug-likeness (QED) is 0.187. The van der Waals surface area contributed by atoms with Crippen LogP contribution in [-0.4, -0.2) is 76.7 Å². The molecule has 0 aliphatic carbocycles. The molecule has 1 aliphatic heterocycles. The van der Waals surface area contributed by atoms with Crippen LogP contribution in [0.25, 0.3) is 16.9 Å². The first-order valence-electron chi connectivity index (χ1n) is 13.4. The summed E-state index contributed by atoms with van der Waals surface area (Å²) in [5.41, 5.74) is 5.44. The van der Waals surface area contributed by atoms with Gasteiger partial charge in [-0.3, -0.25) is 24.8 Å². The molecule has 3 N–H and O–H groups in total. The number of benzene rings is 1. The SMILES string of the molecule is COCCN1C[C@@H](NC(=O)Nc2c(C)c(-c3ccnc(C(=O)NOC)c3)nn2-c2ccccc2)[C@H](c2ccnc(F)c2)O1. The summed E-state index contributed by atoms with van der Waals surface area (Å²) in [5.74, 6) is -0.738. The molecule has 4 aromatic rings. The molecule has 3 aromatic heterocycles. The van der Waals surface area contributed by atoms with Gasteiger partial charge in [-0.15, -0.1) is 0 Å². The van der Waals surface area contributed by atoms with E-state index in [1.165, 1.54) is 25.6 Å². The fourth-order valence-corrected chi connectivity index (χ4v) is 4.77. The number of para-hydroxylation sites is 1. The highest BCUT2D eigenvalue weighted by atomic mass is 19.1. The average Bonchev–Trinajstić information content (AvgIpc) is 3.57. The summed E-state index contributed by atoms with van der Waals surface area (Å²) in [5, 5.41) is 12.4. The molecule has 4 heterocycles. The van der Waals surface area contributed by atoms with Crippen LogP contribution in [0.1, 0.15) is 27.7 Å². The van der Waals surface area contributed by atoms with Gasteiger partial charge in [-0.2, -0.15) is 14.6 Å². The van der Waals surface area contributed by atoms with Crippen molar-refractivity contribution < 1.29 is 28.4 Å². The molecule has 14 heteroatoms. The number of ether oxygens (including phenoxy) is 1. The van der Waals surface area contributed by atoms with Gasteiger partial charge in [-0.05, 0) is 48.9 Å². The largest absolute Gasteiger partial charge is 0.383 e. The molecule has 1 aliphatic rings. The van der Waals surface area contributed by atoms with Gasteiger partial charge in [0.2, 0.25) is 5.95 Å². The number of carbonyl (C=O) groups excluding carboxylic acids is 2. The second kappa shape index (κ2) is 13.5. The molecule has 0 unspecified atom stereocenters. The molecule has 1 fully saturated rings. The summed E-state index contributed by atoms with van der Waals surface area (Å²) < 4.78 is 20.7. The molecule has 3 amide bonds. The number of aromatic nitrogens is 4. The second-order valence-electron chi connectivity index (χ2n) is 9.66. The Kier molecular flexibility index (Phi) is 9.32. The van der Waals surface area contributed by atoms with Gasteiger partial charge in [0.25, 0.3) is 5.91 Å². The van der Waals surface area contributed by atoms with Gasteiger partial charge in [0.05, 0.1) is 31.1 Å². The smallest absolute Gasteiger partial charge is 0.320 e. The van der Waals surface area contributed by atoms with Crippen LogP contribution < -0.4 is 16.1 Å². The number of hydrogen-bond donors (Lipinski definition) is 3. The lowest BCUT2D eigenvalue weighted by atomic mass is 10.0. The number of nitrogens with zero attached hydrogens (tertiary/aromatic N) is 5. The molecular formula is C29H31FN8O5. The van der Waals surface area contributed by atoms with Crippen LogP contribution in [0.15, 0.2) is 67.0 Å². The molecule has 1 saturated heterocycles. The van der Waals surface area contributed by atoms with Gasteiger partial charge >= 0.3 is 6.03 Å². The number of anilines is 1. The van der Waals surface area contributed by atoms with Crippen molar-refractivity contribution in [2.24, 2.45) is 0 Å². The number of rotatable bonds is 10. The van der Waals surface area contributed by atoms with Gasteiger partial charge in [0.15, 0.2) is 0 Å². The zero-order chi connectivity index (χ0) is 30.3. The highest BCUT2D eigenvalue weighted by molar-refractivity contribution is 5.93. The number of methoxy groups -OCH3 is 1. The minimum Gasteiger partial charge on any atom is -0.383 e. The van der Waals surface area contributed by atoms with E-state index in [4.69, 9.17) is 19.5 Å². The van der Waals surface area contributed by atoms with Crippen LogP contribution in [0.4, 0.5) is 15.0 Å². The molecule has 43 heavy (non-hydrogen) atoms. The summed E-state index contributed by atoms with van der Waals surface area (Å²) in [6.45, 7) is 3.04. The normalized spacial score (nSPS) is 16.7. The number of amides is 3. The molecule has 13 nitrogen and oxygen atoms in total. The van der Waals surface area contributed by atoms with E-state index in [1.54, 1.807) is 35.1 Å². The molecule has 224 valence electrons. The van der Waals surface area contributed by atoms with Crippen LogP contribution in [0.2, 0.25) is 0 Å². The van der Waals surface area contributed by atoms with Crippen LogP contribution >= 0.6 is 0 Å². The van der Waals surface area contributed by atoms with Gasteiger partial charge in [0.1, 0.15) is 17.6 Å². The number of nitrogens with one attached hydrogen (secondary N) is 3. The van der Waals surface area contributed by atoms with E-state index in [0.29, 0.717) is 53.6 Å². The molecule has 0 spiro atoms. The van der Waals surface area contributed by atoms with Crippen molar-refractivity contribution in [3.8, 4) is 16.9 Å². The zero-order valence-corrected chi connectivity index (χ0v) is 23.8. The first-order valence-corrected chi connectivity index (χ1v) is 13.4. The van der Waals surface area contributed by atoms with Crippen LogP contribution in [0, 0.1) is 12.9 Å². The summed E-state index contributed by atoms with van der Waals surface area (Å²) in [4.78, 5) is 44.3. The van der Waals surface area contributed by atoms with Crippen molar-refractivity contribution in [2.75, 3.05) is 39.2 Å². The van der Waals surface area contributed by atoms with E-state index < -0.39 is 30.0 Å². The fourth-order valence-electron chi connectivity index (χ4n) is 4.77. The maximum absolute atomic E-state index is 14.0. The van der Waals surface area contributed by atoms with E-state index >= 15 is 0 Å². The summed E-state index contributed by atoms with van der Waals surface area (Å²) in [7, 11) is 2.92. The Bertz CT molecular complexity index is 1580. The van der Waals surface area contributed by atoms with Gasteiger partial charge < -0.3 is 10.1 Å². The van der Waals surface area contributed by atoms with Crippen molar-refractivity contribution in [3.05, 3.63) is 89.8 Å². The predicted molar refractivity (Wildman–Crippen MR) is 153 cm³/mol. The molecule has 0 bridgehead atoms. The number of halogens is 1. The molecule has 5 rings (SSSR count). The van der Waals surface area contributed by atoms with E-state index in [2.05, 4.69) is 26.1 Å². The second-order valence-corrected chi connectivity index (χ2v) is 9.66. The molecule has 1 aromatic carbocycles. The summed E-state index contributed by atoms with van der Waals surface area (Å²) in [6, 6.07) is 14.5. The Morgan fingerprint density at radius 2 is 1.88 bits per heavy atom. The van der Waals surface area contributed by atoms with E-state index in [9.17, 15) is 14.0 Å². The lowest BCUT2D eigenvalue weighted by Gasteiger charge is -2.19. The average molecular weight is 591 g/mol. The lowest BCUT2D eigenvalue weighted by Crippen LogP contribution is -2.42. The Labute approximate surface area is 246 Å². The Morgan fingerprint density at radius 3 is 2.63 bits per heavy atom. The van der Waals surface area contributed by atoms with Crippen LogP contribution in [0.5, 0.6) is 0 Å². The number of pyridine rings is 2. The van der Waals surface area contributed by atoms with Crippen molar-refractivity contribution in [1.82, 2.24) is 35.6 Å². The van der Waals surface area contributed by atoms with Crippen LogP contribution in [-0.2, 0) is 14.4 Å². The maximum atomic E-state index is 14.0. The molecule has 2 atom stereocenters.